The number of aliphatic carboxylic acids is 1. The molecule has 1 fully saturated rings. The van der Waals surface area contributed by atoms with Crippen molar-refractivity contribution in [2.45, 2.75) is 38.8 Å². The predicted octanol–water partition coefficient (Wildman–Crippen LogP) is 1.59. The Morgan fingerprint density at radius 2 is 2.42 bits per heavy atom. The highest BCUT2D eigenvalue weighted by molar-refractivity contribution is 7.99. The molecule has 0 radical (unpaired) electrons. The van der Waals surface area contributed by atoms with Crippen LogP contribution in [0.4, 0.5) is 0 Å². The third-order valence-corrected chi connectivity index (χ3v) is 4.17. The summed E-state index contributed by atoms with van der Waals surface area (Å²) >= 11 is 1.80. The number of carboxylic acid groups (broad SMARTS) is 1. The van der Waals surface area contributed by atoms with Gasteiger partial charge >= 0.3 is 5.97 Å². The molecule has 1 N–H and O–H groups in total. The molecule has 1 aliphatic rings. The fourth-order valence-corrected chi connectivity index (χ4v) is 3.17. The van der Waals surface area contributed by atoms with Gasteiger partial charge in [-0.3, -0.25) is 9.69 Å². The molecule has 106 valence electrons. The van der Waals surface area contributed by atoms with E-state index < -0.39 is 5.97 Å². The minimum atomic E-state index is -0.756. The van der Waals surface area contributed by atoms with Crippen LogP contribution in [-0.2, 0) is 11.3 Å². The van der Waals surface area contributed by atoms with Gasteiger partial charge in [-0.2, -0.15) is 16.7 Å². The van der Waals surface area contributed by atoms with Gasteiger partial charge in [0.25, 0.3) is 0 Å². The van der Waals surface area contributed by atoms with Crippen LogP contribution in [0.3, 0.4) is 0 Å². The van der Waals surface area contributed by atoms with Gasteiger partial charge in [0.15, 0.2) is 5.82 Å². The van der Waals surface area contributed by atoms with Crippen LogP contribution in [0.25, 0.3) is 0 Å². The van der Waals surface area contributed by atoms with Gasteiger partial charge in [0.2, 0.25) is 5.89 Å². The summed E-state index contributed by atoms with van der Waals surface area (Å²) in [5.41, 5.74) is 0. The summed E-state index contributed by atoms with van der Waals surface area (Å²) in [6.07, 6.45) is 0.169. The molecule has 1 aliphatic heterocycles. The minimum Gasteiger partial charge on any atom is -0.481 e. The van der Waals surface area contributed by atoms with Crippen molar-refractivity contribution in [2.75, 3.05) is 18.1 Å². The summed E-state index contributed by atoms with van der Waals surface area (Å²) in [6, 6.07) is 0.0530. The Kier molecular flexibility index (Phi) is 4.81. The summed E-state index contributed by atoms with van der Waals surface area (Å²) in [5, 5.41) is 12.9. The second-order valence-corrected chi connectivity index (χ2v) is 6.15. The van der Waals surface area contributed by atoms with Gasteiger partial charge in [-0.1, -0.05) is 19.0 Å². The van der Waals surface area contributed by atoms with Crippen LogP contribution >= 0.6 is 11.8 Å². The second kappa shape index (κ2) is 6.38. The average Bonchev–Trinajstić information content (AvgIpc) is 2.80. The second-order valence-electron chi connectivity index (χ2n) is 5.00. The van der Waals surface area contributed by atoms with Crippen LogP contribution in [0.15, 0.2) is 4.52 Å². The summed E-state index contributed by atoms with van der Waals surface area (Å²) in [7, 11) is 0. The number of thioether (sulfide) groups is 1. The number of carboxylic acids is 1. The normalized spacial score (nSPS) is 20.9. The molecule has 1 aromatic heterocycles. The van der Waals surface area contributed by atoms with Gasteiger partial charge < -0.3 is 9.63 Å². The minimum absolute atomic E-state index is 0.0530. The van der Waals surface area contributed by atoms with E-state index in [1.165, 1.54) is 0 Å². The number of hydrogen-bond acceptors (Lipinski definition) is 6. The fourth-order valence-electron chi connectivity index (χ4n) is 2.03. The van der Waals surface area contributed by atoms with Crippen molar-refractivity contribution in [2.24, 2.45) is 0 Å². The van der Waals surface area contributed by atoms with E-state index in [0.717, 1.165) is 18.1 Å². The molecule has 1 atom stereocenters. The van der Waals surface area contributed by atoms with Gasteiger partial charge in [-0.05, 0) is 0 Å². The average molecular weight is 285 g/mol. The first kappa shape index (κ1) is 14.3. The zero-order valence-electron chi connectivity index (χ0n) is 11.2. The van der Waals surface area contributed by atoms with E-state index in [4.69, 9.17) is 9.63 Å². The molecular formula is C12H19N3O3S. The summed E-state index contributed by atoms with van der Waals surface area (Å²) in [6.45, 7) is 5.44. The molecule has 1 saturated heterocycles. The molecule has 1 unspecified atom stereocenters. The molecule has 0 spiro atoms. The highest BCUT2D eigenvalue weighted by Gasteiger charge is 2.26. The van der Waals surface area contributed by atoms with Gasteiger partial charge in [0, 0.05) is 30.0 Å². The van der Waals surface area contributed by atoms with Crippen molar-refractivity contribution >= 4 is 17.7 Å². The molecule has 0 aromatic carbocycles. The topological polar surface area (TPSA) is 79.5 Å². The number of carbonyl (C=O) groups is 1. The zero-order chi connectivity index (χ0) is 13.8. The van der Waals surface area contributed by atoms with Crippen LogP contribution in [-0.4, -0.2) is 50.2 Å². The van der Waals surface area contributed by atoms with E-state index in [0.29, 0.717) is 18.3 Å². The molecule has 0 saturated carbocycles. The molecule has 0 bridgehead atoms. The third-order valence-electron chi connectivity index (χ3n) is 3.08. The molecule has 0 aliphatic carbocycles. The smallest absolute Gasteiger partial charge is 0.304 e. The molecule has 2 rings (SSSR count). The van der Waals surface area contributed by atoms with E-state index in [-0.39, 0.29) is 18.4 Å². The number of nitrogens with zero attached hydrogens (tertiary/aromatic N) is 3. The maximum absolute atomic E-state index is 10.9. The van der Waals surface area contributed by atoms with Crippen LogP contribution in [0.2, 0.25) is 0 Å². The third kappa shape index (κ3) is 3.94. The van der Waals surface area contributed by atoms with Crippen molar-refractivity contribution in [1.29, 1.82) is 0 Å². The maximum Gasteiger partial charge on any atom is 0.304 e. The van der Waals surface area contributed by atoms with Gasteiger partial charge in [0.05, 0.1) is 13.0 Å². The van der Waals surface area contributed by atoms with E-state index >= 15 is 0 Å². The van der Waals surface area contributed by atoms with E-state index in [2.05, 4.69) is 15.0 Å². The summed E-state index contributed by atoms with van der Waals surface area (Å²) in [4.78, 5) is 17.4. The van der Waals surface area contributed by atoms with Crippen LogP contribution < -0.4 is 0 Å². The first-order valence-electron chi connectivity index (χ1n) is 6.42. The standard InChI is InChI=1S/C12H19N3O3S/c1-8(2)12-13-10(14-18-12)6-15-3-4-19-7-9(15)5-11(16)17/h8-9H,3-7H2,1-2H3,(H,16,17). The van der Waals surface area contributed by atoms with Crippen LogP contribution in [0, 0.1) is 0 Å². The van der Waals surface area contributed by atoms with E-state index in [9.17, 15) is 4.79 Å². The fraction of sp³-hybridized carbons (Fsp3) is 0.750. The Labute approximate surface area is 116 Å². The Balaban J connectivity index is 1.99. The van der Waals surface area contributed by atoms with Crippen molar-refractivity contribution in [3.8, 4) is 0 Å². The Hall–Kier alpha value is -1.08. The lowest BCUT2D eigenvalue weighted by molar-refractivity contribution is -0.138. The Bertz CT molecular complexity index is 436. The molecule has 2 heterocycles. The van der Waals surface area contributed by atoms with E-state index in [1.807, 2.05) is 13.8 Å². The number of aromatic nitrogens is 2. The molecule has 7 heteroatoms. The van der Waals surface area contributed by atoms with Crippen molar-refractivity contribution < 1.29 is 14.4 Å². The Morgan fingerprint density at radius 1 is 1.63 bits per heavy atom. The predicted molar refractivity (Wildman–Crippen MR) is 72.2 cm³/mol. The Morgan fingerprint density at radius 3 is 3.05 bits per heavy atom. The highest BCUT2D eigenvalue weighted by Crippen LogP contribution is 2.21. The first-order chi connectivity index (χ1) is 9.06. The summed E-state index contributed by atoms with van der Waals surface area (Å²) in [5.74, 6) is 2.61. The molecule has 6 nitrogen and oxygen atoms in total. The number of hydrogen-bond donors (Lipinski definition) is 1. The van der Waals surface area contributed by atoms with Gasteiger partial charge in [-0.15, -0.1) is 0 Å². The number of rotatable bonds is 5. The lowest BCUT2D eigenvalue weighted by atomic mass is 10.2. The monoisotopic (exact) mass is 285 g/mol. The van der Waals surface area contributed by atoms with Gasteiger partial charge in [-0.25, -0.2) is 0 Å². The quantitative estimate of drug-likeness (QED) is 0.879. The lowest BCUT2D eigenvalue weighted by Gasteiger charge is -2.33. The molecule has 0 amide bonds. The van der Waals surface area contributed by atoms with Gasteiger partial charge in [0.1, 0.15) is 0 Å². The lowest BCUT2D eigenvalue weighted by Crippen LogP contribution is -2.43. The van der Waals surface area contributed by atoms with Crippen molar-refractivity contribution in [1.82, 2.24) is 15.0 Å². The molecular weight excluding hydrogens is 266 g/mol. The molecule has 19 heavy (non-hydrogen) atoms. The van der Waals surface area contributed by atoms with Crippen molar-refractivity contribution in [3.63, 3.8) is 0 Å². The van der Waals surface area contributed by atoms with Crippen molar-refractivity contribution in [3.05, 3.63) is 11.7 Å². The van der Waals surface area contributed by atoms with E-state index in [1.54, 1.807) is 11.8 Å². The summed E-state index contributed by atoms with van der Waals surface area (Å²) < 4.78 is 5.17. The zero-order valence-corrected chi connectivity index (χ0v) is 12.0. The molecule has 1 aromatic rings. The van der Waals surface area contributed by atoms with Crippen LogP contribution in [0.5, 0.6) is 0 Å². The largest absolute Gasteiger partial charge is 0.481 e. The van der Waals surface area contributed by atoms with Crippen LogP contribution in [0.1, 0.15) is 37.9 Å². The first-order valence-corrected chi connectivity index (χ1v) is 7.57. The SMILES string of the molecule is CC(C)c1nc(CN2CCSCC2CC(=O)O)no1. The highest BCUT2D eigenvalue weighted by atomic mass is 32.2. The maximum atomic E-state index is 10.9.